The van der Waals surface area contributed by atoms with Crippen LogP contribution < -0.4 is 10.5 Å². The molecule has 0 aliphatic rings. The van der Waals surface area contributed by atoms with Crippen molar-refractivity contribution in [3.8, 4) is 5.75 Å². The highest BCUT2D eigenvalue weighted by molar-refractivity contribution is 7.11. The van der Waals surface area contributed by atoms with E-state index in [9.17, 15) is 0 Å². The molecule has 2 aromatic rings. The molecule has 0 aliphatic carbocycles. The van der Waals surface area contributed by atoms with Crippen LogP contribution in [0.5, 0.6) is 5.75 Å². The third kappa shape index (κ3) is 3.53. The predicted molar refractivity (Wildman–Crippen MR) is 76.2 cm³/mol. The maximum absolute atomic E-state index is 5.78. The molecule has 0 aliphatic heterocycles. The molecule has 0 saturated carbocycles. The number of hydrogen-bond acceptors (Lipinski definition) is 5. The van der Waals surface area contributed by atoms with E-state index < -0.39 is 0 Å². The highest BCUT2D eigenvalue weighted by Crippen LogP contribution is 2.22. The lowest BCUT2D eigenvalue weighted by Gasteiger charge is -2.06. The number of hydrogen-bond donors (Lipinski definition) is 1. The molecule has 102 valence electrons. The fourth-order valence-corrected chi connectivity index (χ4v) is 2.63. The summed E-state index contributed by atoms with van der Waals surface area (Å²) in [6.07, 6.45) is 0. The quantitative estimate of drug-likeness (QED) is 0.882. The Morgan fingerprint density at radius 2 is 2.05 bits per heavy atom. The maximum Gasteiger partial charge on any atom is 0.140 e. The number of methoxy groups -OCH3 is 1. The van der Waals surface area contributed by atoms with Crippen molar-refractivity contribution in [2.24, 2.45) is 5.73 Å². The average Bonchev–Trinajstić information content (AvgIpc) is 2.81. The molecule has 0 bridgehead atoms. The summed E-state index contributed by atoms with van der Waals surface area (Å²) in [4.78, 5) is 5.56. The molecule has 1 aromatic heterocycles. The second-order valence-corrected chi connectivity index (χ2v) is 5.34. The van der Waals surface area contributed by atoms with E-state index in [-0.39, 0.29) is 0 Å². The fraction of sp³-hybridized carbons (Fsp3) is 0.357. The van der Waals surface area contributed by atoms with Crippen LogP contribution in [-0.4, -0.2) is 12.1 Å². The third-order valence-corrected chi connectivity index (χ3v) is 3.83. The predicted octanol–water partition coefficient (Wildman–Crippen LogP) is 2.64. The van der Waals surface area contributed by atoms with Crippen molar-refractivity contribution in [1.82, 2.24) is 4.98 Å². The Kier molecular flexibility index (Phi) is 4.90. The normalized spacial score (nSPS) is 10.7. The zero-order valence-corrected chi connectivity index (χ0v) is 12.0. The number of ether oxygens (including phenoxy) is 2. The number of nitrogens with zero attached hydrogens (tertiary/aromatic N) is 1. The largest absolute Gasteiger partial charge is 0.486 e. The van der Waals surface area contributed by atoms with E-state index in [1.54, 1.807) is 18.4 Å². The van der Waals surface area contributed by atoms with Crippen LogP contribution in [0.4, 0.5) is 0 Å². The molecular weight excluding hydrogens is 260 g/mol. The minimum absolute atomic E-state index is 0.465. The van der Waals surface area contributed by atoms with E-state index in [0.29, 0.717) is 19.8 Å². The summed E-state index contributed by atoms with van der Waals surface area (Å²) in [6.45, 7) is 3.47. The van der Waals surface area contributed by atoms with E-state index in [1.807, 2.05) is 31.2 Å². The van der Waals surface area contributed by atoms with Crippen molar-refractivity contribution in [2.75, 3.05) is 7.11 Å². The molecule has 0 spiro atoms. The van der Waals surface area contributed by atoms with E-state index in [2.05, 4.69) is 4.98 Å². The number of nitrogens with two attached hydrogens (primary N) is 1. The first kappa shape index (κ1) is 14.0. The Balaban J connectivity index is 2.05. The summed E-state index contributed by atoms with van der Waals surface area (Å²) >= 11 is 1.58. The van der Waals surface area contributed by atoms with Gasteiger partial charge in [-0.15, -0.1) is 11.3 Å². The van der Waals surface area contributed by atoms with Gasteiger partial charge in [-0.2, -0.15) is 0 Å². The Bertz CT molecular complexity index is 540. The van der Waals surface area contributed by atoms with Gasteiger partial charge in [0.1, 0.15) is 17.4 Å². The number of thiazole rings is 1. The molecule has 2 rings (SSSR count). The van der Waals surface area contributed by atoms with Gasteiger partial charge in [0.2, 0.25) is 0 Å². The number of rotatable bonds is 6. The fourth-order valence-electron chi connectivity index (χ4n) is 1.77. The van der Waals surface area contributed by atoms with Gasteiger partial charge in [0.25, 0.3) is 0 Å². The molecule has 0 atom stereocenters. The lowest BCUT2D eigenvalue weighted by Crippen LogP contribution is -1.99. The van der Waals surface area contributed by atoms with Crippen molar-refractivity contribution in [3.05, 3.63) is 45.4 Å². The van der Waals surface area contributed by atoms with Crippen LogP contribution in [-0.2, 0) is 24.5 Å². The second kappa shape index (κ2) is 6.65. The van der Waals surface area contributed by atoms with Crippen LogP contribution in [0.3, 0.4) is 0 Å². The van der Waals surface area contributed by atoms with Crippen LogP contribution in [0.2, 0.25) is 0 Å². The summed E-state index contributed by atoms with van der Waals surface area (Å²) in [6, 6.07) is 7.95. The minimum atomic E-state index is 0.465. The number of benzene rings is 1. The van der Waals surface area contributed by atoms with E-state index in [0.717, 1.165) is 26.9 Å². The Labute approximate surface area is 117 Å². The van der Waals surface area contributed by atoms with Crippen LogP contribution >= 0.6 is 11.3 Å². The maximum atomic E-state index is 5.78. The van der Waals surface area contributed by atoms with Crippen molar-refractivity contribution < 1.29 is 9.47 Å². The van der Waals surface area contributed by atoms with Gasteiger partial charge >= 0.3 is 0 Å². The zero-order chi connectivity index (χ0) is 13.7. The summed E-state index contributed by atoms with van der Waals surface area (Å²) < 4.78 is 10.9. The Morgan fingerprint density at radius 1 is 1.26 bits per heavy atom. The van der Waals surface area contributed by atoms with Crippen molar-refractivity contribution in [3.63, 3.8) is 0 Å². The highest BCUT2D eigenvalue weighted by Gasteiger charge is 2.10. The standard InChI is InChI=1S/C14H18N2O2S/c1-10-5-3-4-6-12(10)18-9-14-16-11(8-17-2)13(7-15)19-14/h3-6H,7-9,15H2,1-2H3. The number of para-hydroxylation sites is 1. The molecular formula is C14H18N2O2S. The zero-order valence-electron chi connectivity index (χ0n) is 11.2. The van der Waals surface area contributed by atoms with E-state index in [1.165, 1.54) is 0 Å². The molecule has 19 heavy (non-hydrogen) atoms. The lowest BCUT2D eigenvalue weighted by atomic mass is 10.2. The minimum Gasteiger partial charge on any atom is -0.486 e. The molecule has 0 fully saturated rings. The molecule has 0 saturated heterocycles. The highest BCUT2D eigenvalue weighted by atomic mass is 32.1. The Morgan fingerprint density at radius 3 is 2.74 bits per heavy atom. The van der Waals surface area contributed by atoms with E-state index in [4.69, 9.17) is 15.2 Å². The summed E-state index contributed by atoms with van der Waals surface area (Å²) in [7, 11) is 1.66. The topological polar surface area (TPSA) is 57.4 Å². The van der Waals surface area contributed by atoms with Crippen molar-refractivity contribution >= 4 is 11.3 Å². The van der Waals surface area contributed by atoms with Gasteiger partial charge in [0, 0.05) is 18.5 Å². The summed E-state index contributed by atoms with van der Waals surface area (Å²) in [5.74, 6) is 0.889. The van der Waals surface area contributed by atoms with Gasteiger partial charge in [0.05, 0.1) is 12.3 Å². The van der Waals surface area contributed by atoms with Gasteiger partial charge < -0.3 is 15.2 Å². The molecule has 5 heteroatoms. The molecule has 0 unspecified atom stereocenters. The first-order valence-electron chi connectivity index (χ1n) is 6.09. The summed E-state index contributed by atoms with van der Waals surface area (Å²) in [5, 5.41) is 0.927. The van der Waals surface area contributed by atoms with Crippen LogP contribution in [0.25, 0.3) is 0 Å². The number of aryl methyl sites for hydroxylation is 1. The molecule has 1 heterocycles. The first-order chi connectivity index (χ1) is 9.24. The second-order valence-electron chi connectivity index (χ2n) is 4.17. The van der Waals surface area contributed by atoms with Crippen molar-refractivity contribution in [2.45, 2.75) is 26.7 Å². The molecule has 1 aromatic carbocycles. The van der Waals surface area contributed by atoms with Gasteiger partial charge in [-0.1, -0.05) is 18.2 Å². The SMILES string of the molecule is COCc1nc(COc2ccccc2C)sc1CN. The van der Waals surface area contributed by atoms with Crippen LogP contribution in [0.1, 0.15) is 21.1 Å². The van der Waals surface area contributed by atoms with Crippen LogP contribution in [0.15, 0.2) is 24.3 Å². The number of aromatic nitrogens is 1. The average molecular weight is 278 g/mol. The van der Waals surface area contributed by atoms with Crippen LogP contribution in [0, 0.1) is 6.92 Å². The third-order valence-electron chi connectivity index (χ3n) is 2.73. The molecule has 4 nitrogen and oxygen atoms in total. The molecule has 0 radical (unpaired) electrons. The van der Waals surface area contributed by atoms with Gasteiger partial charge in [-0.3, -0.25) is 0 Å². The van der Waals surface area contributed by atoms with E-state index >= 15 is 0 Å². The smallest absolute Gasteiger partial charge is 0.140 e. The molecule has 0 amide bonds. The Hall–Kier alpha value is -1.43. The lowest BCUT2D eigenvalue weighted by molar-refractivity contribution is 0.181. The molecule has 2 N–H and O–H groups in total. The van der Waals surface area contributed by atoms with Crippen molar-refractivity contribution in [1.29, 1.82) is 0 Å². The first-order valence-corrected chi connectivity index (χ1v) is 6.91. The monoisotopic (exact) mass is 278 g/mol. The summed E-state index contributed by atoms with van der Waals surface area (Å²) in [5.41, 5.74) is 7.74. The van der Waals surface area contributed by atoms with Gasteiger partial charge in [-0.25, -0.2) is 4.98 Å². The van der Waals surface area contributed by atoms with Gasteiger partial charge in [-0.05, 0) is 18.6 Å². The van der Waals surface area contributed by atoms with Gasteiger partial charge in [0.15, 0.2) is 0 Å².